The molecule has 1 N–H and O–H groups in total. The van der Waals surface area contributed by atoms with E-state index >= 15 is 0 Å². The quantitative estimate of drug-likeness (QED) is 0.927. The maximum atomic E-state index is 12.3. The molecular formula is C14H13Cl2NO2S. The first kappa shape index (κ1) is 15.3. The van der Waals surface area contributed by atoms with Gasteiger partial charge in [0.15, 0.2) is 0 Å². The largest absolute Gasteiger partial charge is 0.242 e. The van der Waals surface area contributed by atoms with Crippen molar-refractivity contribution in [1.29, 1.82) is 0 Å². The zero-order valence-electron chi connectivity index (χ0n) is 10.7. The Labute approximate surface area is 128 Å². The lowest BCUT2D eigenvalue weighted by Gasteiger charge is -2.10. The molecule has 0 amide bonds. The van der Waals surface area contributed by atoms with Crippen LogP contribution in [0.5, 0.6) is 0 Å². The molecule has 0 aliphatic carbocycles. The number of hydrogen-bond donors (Lipinski definition) is 1. The third-order valence-electron chi connectivity index (χ3n) is 2.81. The van der Waals surface area contributed by atoms with Crippen LogP contribution in [-0.4, -0.2) is 8.42 Å². The molecule has 0 saturated heterocycles. The molecule has 0 heterocycles. The molecule has 106 valence electrons. The lowest BCUT2D eigenvalue weighted by atomic mass is 10.2. The van der Waals surface area contributed by atoms with E-state index in [0.29, 0.717) is 10.6 Å². The van der Waals surface area contributed by atoms with Gasteiger partial charge in [-0.15, -0.1) is 0 Å². The number of aryl methyl sites for hydroxylation is 1. The second kappa shape index (κ2) is 6.14. The maximum Gasteiger partial charge on any atom is 0.242 e. The molecule has 0 saturated carbocycles. The molecule has 20 heavy (non-hydrogen) atoms. The van der Waals surface area contributed by atoms with E-state index in [4.69, 9.17) is 23.2 Å². The number of benzene rings is 2. The van der Waals surface area contributed by atoms with Crippen LogP contribution < -0.4 is 4.72 Å². The molecule has 3 nitrogen and oxygen atoms in total. The average molecular weight is 330 g/mol. The Morgan fingerprint density at radius 3 is 2.35 bits per heavy atom. The van der Waals surface area contributed by atoms with Gasteiger partial charge in [0.25, 0.3) is 0 Å². The van der Waals surface area contributed by atoms with Crippen molar-refractivity contribution in [2.45, 2.75) is 18.4 Å². The minimum Gasteiger partial charge on any atom is -0.207 e. The molecule has 2 rings (SSSR count). The van der Waals surface area contributed by atoms with Gasteiger partial charge in [-0.05, 0) is 30.2 Å². The van der Waals surface area contributed by atoms with E-state index in [0.717, 1.165) is 5.56 Å². The van der Waals surface area contributed by atoms with Crippen LogP contribution in [-0.2, 0) is 16.6 Å². The highest BCUT2D eigenvalue weighted by atomic mass is 35.5. The molecule has 2 aromatic carbocycles. The maximum absolute atomic E-state index is 12.3. The lowest BCUT2D eigenvalue weighted by molar-refractivity contribution is 0.581. The zero-order chi connectivity index (χ0) is 14.8. The third-order valence-corrected chi connectivity index (χ3v) is 5.08. The summed E-state index contributed by atoms with van der Waals surface area (Å²) in [6, 6.07) is 12.2. The second-order valence-corrected chi connectivity index (χ2v) is 6.89. The van der Waals surface area contributed by atoms with Gasteiger partial charge in [-0.1, -0.05) is 53.5 Å². The Kier molecular flexibility index (Phi) is 4.70. The fourth-order valence-corrected chi connectivity index (χ4v) is 3.54. The van der Waals surface area contributed by atoms with Crippen molar-refractivity contribution in [2.24, 2.45) is 0 Å². The summed E-state index contributed by atoms with van der Waals surface area (Å²) in [5.74, 6) is 0. The smallest absolute Gasteiger partial charge is 0.207 e. The molecule has 0 unspecified atom stereocenters. The third kappa shape index (κ3) is 3.52. The monoisotopic (exact) mass is 329 g/mol. The first-order chi connectivity index (χ1) is 9.40. The van der Waals surface area contributed by atoms with E-state index in [1.165, 1.54) is 12.1 Å². The van der Waals surface area contributed by atoms with E-state index in [1.54, 1.807) is 6.92 Å². The Morgan fingerprint density at radius 2 is 1.70 bits per heavy atom. The van der Waals surface area contributed by atoms with Gasteiger partial charge in [0.2, 0.25) is 10.0 Å². The average Bonchev–Trinajstić information content (AvgIpc) is 2.42. The highest BCUT2D eigenvalue weighted by Gasteiger charge is 2.19. The highest BCUT2D eigenvalue weighted by molar-refractivity contribution is 7.89. The standard InChI is InChI=1S/C14H13Cl2NO2S/c1-10-7-14(13(16)8-12(10)15)20(18,19)17-9-11-5-3-2-4-6-11/h2-8,17H,9H2,1H3. The van der Waals surface area contributed by atoms with Gasteiger partial charge in [0.1, 0.15) is 4.90 Å². The molecule has 0 bridgehead atoms. The van der Waals surface area contributed by atoms with Crippen LogP contribution in [0, 0.1) is 6.92 Å². The lowest BCUT2D eigenvalue weighted by Crippen LogP contribution is -2.23. The van der Waals surface area contributed by atoms with Crippen molar-refractivity contribution in [1.82, 2.24) is 4.72 Å². The summed E-state index contributed by atoms with van der Waals surface area (Å²) in [5.41, 5.74) is 1.54. The van der Waals surface area contributed by atoms with Crippen LogP contribution in [0.15, 0.2) is 47.4 Å². The number of rotatable bonds is 4. The Hall–Kier alpha value is -1.07. The molecule has 0 spiro atoms. The summed E-state index contributed by atoms with van der Waals surface area (Å²) in [7, 11) is -3.67. The zero-order valence-corrected chi connectivity index (χ0v) is 13.1. The van der Waals surface area contributed by atoms with Crippen molar-refractivity contribution < 1.29 is 8.42 Å². The van der Waals surface area contributed by atoms with Crippen molar-refractivity contribution in [3.05, 3.63) is 63.6 Å². The number of hydrogen-bond acceptors (Lipinski definition) is 2. The van der Waals surface area contributed by atoms with Crippen LogP contribution in [0.1, 0.15) is 11.1 Å². The van der Waals surface area contributed by atoms with Gasteiger partial charge in [-0.25, -0.2) is 13.1 Å². The second-order valence-electron chi connectivity index (χ2n) is 4.34. The molecule has 0 atom stereocenters. The van der Waals surface area contributed by atoms with Crippen molar-refractivity contribution in [3.8, 4) is 0 Å². The van der Waals surface area contributed by atoms with Crippen molar-refractivity contribution in [2.75, 3.05) is 0 Å². The van der Waals surface area contributed by atoms with Gasteiger partial charge in [-0.2, -0.15) is 0 Å². The number of halogens is 2. The van der Waals surface area contributed by atoms with E-state index in [1.807, 2.05) is 30.3 Å². The predicted molar refractivity (Wildman–Crippen MR) is 81.7 cm³/mol. The van der Waals surface area contributed by atoms with Crippen LogP contribution in [0.3, 0.4) is 0 Å². The molecule has 0 fully saturated rings. The van der Waals surface area contributed by atoms with E-state index < -0.39 is 10.0 Å². The normalized spacial score (nSPS) is 11.6. The topological polar surface area (TPSA) is 46.2 Å². The van der Waals surface area contributed by atoms with Gasteiger partial charge < -0.3 is 0 Å². The summed E-state index contributed by atoms with van der Waals surface area (Å²) in [4.78, 5) is 0.0389. The SMILES string of the molecule is Cc1cc(S(=O)(=O)NCc2ccccc2)c(Cl)cc1Cl. The molecule has 0 aliphatic heterocycles. The fourth-order valence-electron chi connectivity index (χ4n) is 1.69. The highest BCUT2D eigenvalue weighted by Crippen LogP contribution is 2.28. The molecule has 0 aliphatic rings. The molecular weight excluding hydrogens is 317 g/mol. The van der Waals surface area contributed by atoms with Crippen LogP contribution in [0.4, 0.5) is 0 Å². The van der Waals surface area contributed by atoms with Gasteiger partial charge in [-0.3, -0.25) is 0 Å². The molecule has 2 aromatic rings. The summed E-state index contributed by atoms with van der Waals surface area (Å²) in [5, 5.41) is 0.554. The Morgan fingerprint density at radius 1 is 1.05 bits per heavy atom. The van der Waals surface area contributed by atoms with Crippen molar-refractivity contribution in [3.63, 3.8) is 0 Å². The van der Waals surface area contributed by atoms with Crippen LogP contribution in [0.25, 0.3) is 0 Å². The molecule has 0 aromatic heterocycles. The number of nitrogens with one attached hydrogen (secondary N) is 1. The molecule has 6 heteroatoms. The van der Waals surface area contributed by atoms with E-state index in [-0.39, 0.29) is 16.5 Å². The van der Waals surface area contributed by atoms with Gasteiger partial charge in [0.05, 0.1) is 5.02 Å². The number of sulfonamides is 1. The minimum atomic E-state index is -3.67. The van der Waals surface area contributed by atoms with Gasteiger partial charge >= 0.3 is 0 Å². The van der Waals surface area contributed by atoms with Crippen LogP contribution in [0.2, 0.25) is 10.0 Å². The summed E-state index contributed by atoms with van der Waals surface area (Å²) in [6.45, 7) is 1.94. The predicted octanol–water partition coefficient (Wildman–Crippen LogP) is 3.78. The summed E-state index contributed by atoms with van der Waals surface area (Å²) in [6.07, 6.45) is 0. The summed E-state index contributed by atoms with van der Waals surface area (Å²) >= 11 is 11.9. The first-order valence-electron chi connectivity index (χ1n) is 5.89. The minimum absolute atomic E-state index is 0.0389. The van der Waals surface area contributed by atoms with Crippen LogP contribution >= 0.6 is 23.2 Å². The Bertz CT molecular complexity index is 715. The Balaban J connectivity index is 2.25. The van der Waals surface area contributed by atoms with E-state index in [9.17, 15) is 8.42 Å². The van der Waals surface area contributed by atoms with Gasteiger partial charge in [0, 0.05) is 11.6 Å². The molecule has 0 radical (unpaired) electrons. The first-order valence-corrected chi connectivity index (χ1v) is 8.13. The fraction of sp³-hybridized carbons (Fsp3) is 0.143. The van der Waals surface area contributed by atoms with Crippen molar-refractivity contribution >= 4 is 33.2 Å². The van der Waals surface area contributed by atoms with E-state index in [2.05, 4.69) is 4.72 Å². The summed E-state index contributed by atoms with van der Waals surface area (Å²) < 4.78 is 27.0.